The number of fused-ring (bicyclic) bond motifs is 7. The minimum absolute atomic E-state index is 0.242. The van der Waals surface area contributed by atoms with E-state index in [9.17, 15) is 18.7 Å². The highest BCUT2D eigenvalue weighted by Crippen LogP contribution is 2.40. The number of aryl methyl sites for hydroxylation is 1. The number of halogens is 2. The van der Waals surface area contributed by atoms with Crippen molar-refractivity contribution in [1.82, 2.24) is 9.38 Å². The Bertz CT molecular complexity index is 1870. The number of nitrogens with zero attached hydrogens (tertiary/aromatic N) is 3. The van der Waals surface area contributed by atoms with Crippen LogP contribution < -0.4 is 9.64 Å². The molecule has 7 rings (SSSR count). The number of aliphatic carboxylic acids is 1. The van der Waals surface area contributed by atoms with E-state index in [0.29, 0.717) is 54.1 Å². The number of hydrogen-bond donors (Lipinski definition) is 1. The monoisotopic (exact) mass is 659 g/mol. The number of anilines is 1. The quantitative estimate of drug-likeness (QED) is 0.222. The molecular weight excluding hydrogens is 616 g/mol. The molecule has 3 aliphatic heterocycles. The summed E-state index contributed by atoms with van der Waals surface area (Å²) in [6.45, 7) is 13.1. The fourth-order valence-corrected chi connectivity index (χ4v) is 6.52. The van der Waals surface area contributed by atoms with Gasteiger partial charge in [-0.3, -0.25) is 4.40 Å². The highest BCUT2D eigenvalue weighted by molar-refractivity contribution is 5.80. The highest BCUT2D eigenvalue weighted by atomic mass is 19.2. The summed E-state index contributed by atoms with van der Waals surface area (Å²) in [5.74, 6) is -2.06. The molecule has 1 fully saturated rings. The van der Waals surface area contributed by atoms with Crippen molar-refractivity contribution in [3.05, 3.63) is 83.6 Å². The van der Waals surface area contributed by atoms with Gasteiger partial charge in [0.2, 0.25) is 0 Å². The van der Waals surface area contributed by atoms with E-state index in [1.54, 1.807) is 0 Å². The van der Waals surface area contributed by atoms with Crippen LogP contribution in [-0.4, -0.2) is 57.5 Å². The summed E-state index contributed by atoms with van der Waals surface area (Å²) >= 11 is 0. The molecule has 0 radical (unpaired) electrons. The molecule has 0 unspecified atom stereocenters. The van der Waals surface area contributed by atoms with Gasteiger partial charge in [0.1, 0.15) is 17.2 Å². The van der Waals surface area contributed by atoms with Gasteiger partial charge in [0.15, 0.2) is 17.7 Å². The smallest absolute Gasteiger partial charge is 0.337 e. The van der Waals surface area contributed by atoms with Crippen LogP contribution in [0.2, 0.25) is 0 Å². The summed E-state index contributed by atoms with van der Waals surface area (Å²) in [7, 11) is 0. The number of ether oxygens (including phenoxy) is 3. The summed E-state index contributed by atoms with van der Waals surface area (Å²) in [5.41, 5.74) is 3.35. The molecule has 10 heteroatoms. The zero-order chi connectivity index (χ0) is 34.4. The Balaban J connectivity index is 1.55. The summed E-state index contributed by atoms with van der Waals surface area (Å²) in [6.07, 6.45) is 6.34. The lowest BCUT2D eigenvalue weighted by atomic mass is 9.92. The molecule has 1 saturated heterocycles. The van der Waals surface area contributed by atoms with Crippen molar-refractivity contribution in [2.75, 3.05) is 24.6 Å². The van der Waals surface area contributed by atoms with Gasteiger partial charge >= 0.3 is 5.97 Å². The van der Waals surface area contributed by atoms with E-state index in [0.717, 1.165) is 41.9 Å². The van der Waals surface area contributed by atoms with Gasteiger partial charge in [-0.1, -0.05) is 30.4 Å². The van der Waals surface area contributed by atoms with Crippen molar-refractivity contribution in [2.24, 2.45) is 0 Å². The van der Waals surface area contributed by atoms with Gasteiger partial charge in [-0.2, -0.15) is 0 Å². The fourth-order valence-electron chi connectivity index (χ4n) is 6.52. The first-order chi connectivity index (χ1) is 22.7. The molecule has 3 aliphatic rings. The van der Waals surface area contributed by atoms with E-state index in [-0.39, 0.29) is 17.5 Å². The molecule has 4 aromatic rings. The molecule has 2 aromatic carbocycles. The molecule has 6 bridgehead atoms. The summed E-state index contributed by atoms with van der Waals surface area (Å²) in [4.78, 5) is 20.0. The Hall–Kier alpha value is -4.28. The number of carboxylic acid groups (broad SMARTS) is 1. The number of hydrogen-bond acceptors (Lipinski definition) is 6. The van der Waals surface area contributed by atoms with Crippen LogP contribution in [0.1, 0.15) is 71.1 Å². The van der Waals surface area contributed by atoms with Crippen molar-refractivity contribution >= 4 is 17.4 Å². The van der Waals surface area contributed by atoms with E-state index in [2.05, 4.69) is 11.8 Å². The SMILES string of the molecule is Cc1cc2nc3cn2c(c1[C@H](OC(C)(C)C)C(=O)O)N1CCC(C)(CC1)OC/C=C/C[C@@H](C)Oc1cc(F)c(F)cc1-c1cccc-3c1. The second kappa shape index (κ2) is 13.0. The molecule has 8 nitrogen and oxygen atoms in total. The van der Waals surface area contributed by atoms with Gasteiger partial charge in [0.05, 0.1) is 29.6 Å². The number of pyridine rings is 1. The minimum Gasteiger partial charge on any atom is -0.490 e. The van der Waals surface area contributed by atoms with Crippen molar-refractivity contribution in [2.45, 2.75) is 84.2 Å². The van der Waals surface area contributed by atoms with Gasteiger partial charge in [0.25, 0.3) is 0 Å². The molecule has 5 heterocycles. The molecule has 0 amide bonds. The van der Waals surface area contributed by atoms with Gasteiger partial charge in [-0.15, -0.1) is 0 Å². The van der Waals surface area contributed by atoms with Crippen molar-refractivity contribution < 1.29 is 32.9 Å². The third-order valence-corrected chi connectivity index (χ3v) is 9.03. The van der Waals surface area contributed by atoms with Gasteiger partial charge in [0, 0.05) is 48.5 Å². The lowest BCUT2D eigenvalue weighted by Gasteiger charge is -2.41. The first-order valence-corrected chi connectivity index (χ1v) is 16.4. The Labute approximate surface area is 280 Å². The van der Waals surface area contributed by atoms with E-state index < -0.39 is 29.3 Å². The van der Waals surface area contributed by atoms with Crippen LogP contribution in [0.15, 0.2) is 60.8 Å². The van der Waals surface area contributed by atoms with Crippen LogP contribution >= 0.6 is 0 Å². The minimum atomic E-state index is -1.21. The number of piperidine rings is 1. The Morgan fingerprint density at radius 1 is 1.08 bits per heavy atom. The Kier molecular flexibility index (Phi) is 9.08. The maximum atomic E-state index is 14.6. The van der Waals surface area contributed by atoms with Crippen LogP contribution in [0, 0.1) is 18.6 Å². The third kappa shape index (κ3) is 6.96. The molecule has 254 valence electrons. The zero-order valence-electron chi connectivity index (χ0n) is 28.3. The first kappa shape index (κ1) is 33.6. The maximum Gasteiger partial charge on any atom is 0.337 e. The lowest BCUT2D eigenvalue weighted by molar-refractivity contribution is -0.160. The third-order valence-electron chi connectivity index (χ3n) is 9.03. The fraction of sp³-hybridized carbons (Fsp3) is 0.421. The largest absolute Gasteiger partial charge is 0.490 e. The number of benzene rings is 2. The highest BCUT2D eigenvalue weighted by Gasteiger charge is 2.37. The standard InChI is InChI=1S/C38H43F2N3O5/c1-23-18-32-41-30-22-43(32)35(33(23)34(36(44)45)48-37(3,4)5)42-15-13-38(6,14-16-42)46-17-8-7-10-24(2)47-31-21-29(40)28(39)20-27(31)25-11-9-12-26(30)19-25/h7-9,11-12,18-22,24,34H,10,13-17H2,1-6H3,(H,44,45)/b8-7+/t24-,34+/m1/s1. The normalized spacial score (nSPS) is 21.5. The lowest BCUT2D eigenvalue weighted by Crippen LogP contribution is -2.45. The summed E-state index contributed by atoms with van der Waals surface area (Å²) < 4.78 is 49.8. The van der Waals surface area contributed by atoms with Crippen LogP contribution in [0.3, 0.4) is 0 Å². The molecular formula is C38H43F2N3O5. The number of imidazole rings is 1. The van der Waals surface area contributed by atoms with Crippen LogP contribution in [0.5, 0.6) is 5.75 Å². The predicted molar refractivity (Wildman–Crippen MR) is 182 cm³/mol. The van der Waals surface area contributed by atoms with E-state index in [1.807, 2.05) is 87.7 Å². The number of carboxylic acids is 1. The summed E-state index contributed by atoms with van der Waals surface area (Å²) in [5, 5.41) is 10.5. The molecule has 0 spiro atoms. The second-order valence-corrected chi connectivity index (χ2v) is 14.1. The number of aromatic nitrogens is 2. The van der Waals surface area contributed by atoms with Crippen LogP contribution in [0.4, 0.5) is 14.6 Å². The van der Waals surface area contributed by atoms with Crippen LogP contribution in [-0.2, 0) is 14.3 Å². The van der Waals surface area contributed by atoms with E-state index in [1.165, 1.54) is 0 Å². The second-order valence-electron chi connectivity index (χ2n) is 14.1. The predicted octanol–water partition coefficient (Wildman–Crippen LogP) is 8.30. The van der Waals surface area contributed by atoms with E-state index in [4.69, 9.17) is 19.2 Å². The molecule has 0 aliphatic carbocycles. The zero-order valence-corrected chi connectivity index (χ0v) is 28.3. The maximum absolute atomic E-state index is 14.6. The molecule has 0 saturated carbocycles. The van der Waals surface area contributed by atoms with Crippen LogP contribution in [0.25, 0.3) is 28.0 Å². The van der Waals surface area contributed by atoms with E-state index >= 15 is 0 Å². The number of rotatable bonds is 3. The molecule has 2 aromatic heterocycles. The average Bonchev–Trinajstić information content (AvgIpc) is 3.44. The van der Waals surface area contributed by atoms with Gasteiger partial charge in [-0.25, -0.2) is 18.6 Å². The van der Waals surface area contributed by atoms with Gasteiger partial charge in [-0.05, 0) is 83.7 Å². The number of carbonyl (C=O) groups is 1. The van der Waals surface area contributed by atoms with Crippen molar-refractivity contribution in [3.8, 4) is 28.1 Å². The first-order valence-electron chi connectivity index (χ1n) is 16.4. The van der Waals surface area contributed by atoms with Crippen molar-refractivity contribution in [1.29, 1.82) is 0 Å². The Morgan fingerprint density at radius 3 is 2.50 bits per heavy atom. The average molecular weight is 660 g/mol. The van der Waals surface area contributed by atoms with Crippen molar-refractivity contribution in [3.63, 3.8) is 0 Å². The molecule has 48 heavy (non-hydrogen) atoms. The summed E-state index contributed by atoms with van der Waals surface area (Å²) in [6, 6.07) is 11.6. The van der Waals surface area contributed by atoms with Gasteiger partial charge < -0.3 is 24.2 Å². The molecule has 1 N–H and O–H groups in total. The molecule has 2 atom stereocenters. The Morgan fingerprint density at radius 2 is 1.79 bits per heavy atom. The topological polar surface area (TPSA) is 85.5 Å².